The highest BCUT2D eigenvalue weighted by molar-refractivity contribution is 6.11. The van der Waals surface area contributed by atoms with Crippen LogP contribution in [0.5, 0.6) is 0 Å². The highest BCUT2D eigenvalue weighted by Gasteiger charge is 2.20. The molecule has 0 aromatic heterocycles. The molecular weight excluding hydrogens is 218 g/mol. The molecular formula is C17H15N. The molecule has 1 aliphatic heterocycles. The molecule has 0 saturated heterocycles. The first-order chi connectivity index (χ1) is 8.79. The van der Waals surface area contributed by atoms with Crippen molar-refractivity contribution in [3.63, 3.8) is 0 Å². The van der Waals surface area contributed by atoms with E-state index in [4.69, 9.17) is 0 Å². The summed E-state index contributed by atoms with van der Waals surface area (Å²) in [5.41, 5.74) is 6.00. The summed E-state index contributed by atoms with van der Waals surface area (Å²) in [6.45, 7) is 5.97. The molecule has 1 heteroatoms. The Labute approximate surface area is 108 Å². The molecule has 0 spiro atoms. The minimum absolute atomic E-state index is 0.248. The van der Waals surface area contributed by atoms with E-state index in [9.17, 15) is 0 Å². The van der Waals surface area contributed by atoms with Gasteiger partial charge in [0.1, 0.15) is 0 Å². The Balaban J connectivity index is 2.12. The Morgan fingerprint density at radius 2 is 1.83 bits per heavy atom. The summed E-state index contributed by atoms with van der Waals surface area (Å²) in [7, 11) is 0. The molecule has 2 aromatic carbocycles. The Bertz CT molecular complexity index is 623. The van der Waals surface area contributed by atoms with E-state index in [0.717, 1.165) is 5.71 Å². The third-order valence-electron chi connectivity index (χ3n) is 3.41. The zero-order valence-corrected chi connectivity index (χ0v) is 10.4. The van der Waals surface area contributed by atoms with Gasteiger partial charge in [0, 0.05) is 5.56 Å². The van der Waals surface area contributed by atoms with Crippen molar-refractivity contribution < 1.29 is 0 Å². The minimum atomic E-state index is 0.248. The number of hydrogen-bond acceptors (Lipinski definition) is 1. The van der Waals surface area contributed by atoms with Gasteiger partial charge < -0.3 is 0 Å². The van der Waals surface area contributed by atoms with E-state index in [1.165, 1.54) is 22.3 Å². The monoisotopic (exact) mass is 233 g/mol. The van der Waals surface area contributed by atoms with Crippen LogP contribution in [-0.4, -0.2) is 5.71 Å². The summed E-state index contributed by atoms with van der Waals surface area (Å²) in [5, 5.41) is 0. The van der Waals surface area contributed by atoms with Crippen molar-refractivity contribution in [2.24, 2.45) is 4.99 Å². The van der Waals surface area contributed by atoms with E-state index in [2.05, 4.69) is 61.0 Å². The molecule has 0 radical (unpaired) electrons. The number of allylic oxidation sites excluding steroid dienone is 1. The molecule has 1 nitrogen and oxygen atoms in total. The van der Waals surface area contributed by atoms with Crippen LogP contribution < -0.4 is 0 Å². The topological polar surface area (TPSA) is 12.4 Å². The lowest BCUT2D eigenvalue weighted by molar-refractivity contribution is 0.843. The van der Waals surface area contributed by atoms with Gasteiger partial charge in [0.2, 0.25) is 0 Å². The molecule has 3 rings (SSSR count). The lowest BCUT2D eigenvalue weighted by Crippen LogP contribution is -1.94. The molecule has 2 aromatic rings. The fraction of sp³-hybridized carbons (Fsp3) is 0.118. The summed E-state index contributed by atoms with van der Waals surface area (Å²) in [6.07, 6.45) is 1.84. The second-order valence-electron chi connectivity index (χ2n) is 4.56. The van der Waals surface area contributed by atoms with Gasteiger partial charge >= 0.3 is 0 Å². The summed E-state index contributed by atoms with van der Waals surface area (Å²) < 4.78 is 0. The lowest BCUT2D eigenvalue weighted by Gasteiger charge is -2.07. The van der Waals surface area contributed by atoms with Crippen molar-refractivity contribution in [2.45, 2.75) is 13.0 Å². The van der Waals surface area contributed by atoms with Gasteiger partial charge in [-0.3, -0.25) is 4.99 Å². The highest BCUT2D eigenvalue weighted by atomic mass is 14.8. The first-order valence-electron chi connectivity index (χ1n) is 6.19. The van der Waals surface area contributed by atoms with Crippen molar-refractivity contribution in [1.82, 2.24) is 0 Å². The van der Waals surface area contributed by atoms with Crippen molar-refractivity contribution in [1.29, 1.82) is 0 Å². The number of rotatable bonds is 2. The second-order valence-corrected chi connectivity index (χ2v) is 4.56. The zero-order chi connectivity index (χ0) is 12.5. The Morgan fingerprint density at radius 3 is 2.56 bits per heavy atom. The Kier molecular flexibility index (Phi) is 2.60. The van der Waals surface area contributed by atoms with Gasteiger partial charge in [0.05, 0.1) is 11.8 Å². The van der Waals surface area contributed by atoms with E-state index < -0.39 is 0 Å². The SMILES string of the molecule is C=CC1=N[C@H](C)c2ccc(-c3ccccc3)cc21. The summed E-state index contributed by atoms with van der Waals surface area (Å²) in [5.74, 6) is 0. The van der Waals surface area contributed by atoms with Gasteiger partial charge in [-0.05, 0) is 35.8 Å². The molecule has 1 aliphatic rings. The number of nitrogens with zero attached hydrogens (tertiary/aromatic N) is 1. The number of benzene rings is 2. The van der Waals surface area contributed by atoms with Crippen LogP contribution in [-0.2, 0) is 0 Å². The number of hydrogen-bond donors (Lipinski definition) is 0. The maximum atomic E-state index is 4.61. The molecule has 0 saturated carbocycles. The van der Waals surface area contributed by atoms with Gasteiger partial charge in [-0.2, -0.15) is 0 Å². The van der Waals surface area contributed by atoms with Crippen molar-refractivity contribution in [3.05, 3.63) is 72.3 Å². The van der Waals surface area contributed by atoms with Crippen LogP contribution in [0.4, 0.5) is 0 Å². The van der Waals surface area contributed by atoms with Crippen LogP contribution in [0.25, 0.3) is 11.1 Å². The standard InChI is InChI=1S/C17H15N/c1-3-17-16-11-14(13-7-5-4-6-8-13)9-10-15(16)12(2)18-17/h3-12H,1H2,2H3/t12-/m1/s1. The first kappa shape index (κ1) is 11.0. The van der Waals surface area contributed by atoms with E-state index in [0.29, 0.717) is 0 Å². The third kappa shape index (κ3) is 1.68. The second kappa shape index (κ2) is 4.26. The fourth-order valence-corrected chi connectivity index (χ4v) is 2.46. The molecule has 18 heavy (non-hydrogen) atoms. The Morgan fingerprint density at radius 1 is 1.06 bits per heavy atom. The largest absolute Gasteiger partial charge is 0.277 e. The summed E-state index contributed by atoms with van der Waals surface area (Å²) >= 11 is 0. The number of fused-ring (bicyclic) bond motifs is 1. The van der Waals surface area contributed by atoms with Crippen molar-refractivity contribution >= 4 is 5.71 Å². The molecule has 88 valence electrons. The molecule has 0 bridgehead atoms. The molecule has 0 unspecified atom stereocenters. The third-order valence-corrected chi connectivity index (χ3v) is 3.41. The average Bonchev–Trinajstić information content (AvgIpc) is 2.76. The van der Waals surface area contributed by atoms with E-state index in [1.807, 2.05) is 12.1 Å². The summed E-state index contributed by atoms with van der Waals surface area (Å²) in [4.78, 5) is 4.61. The quantitative estimate of drug-likeness (QED) is 0.729. The van der Waals surface area contributed by atoms with Gasteiger partial charge in [0.15, 0.2) is 0 Å². The molecule has 1 atom stereocenters. The van der Waals surface area contributed by atoms with Crippen LogP contribution in [0.15, 0.2) is 66.2 Å². The van der Waals surface area contributed by atoms with E-state index in [1.54, 1.807) is 0 Å². The molecule has 0 fully saturated rings. The summed E-state index contributed by atoms with van der Waals surface area (Å²) in [6, 6.07) is 17.2. The van der Waals surface area contributed by atoms with Crippen molar-refractivity contribution in [3.8, 4) is 11.1 Å². The van der Waals surface area contributed by atoms with E-state index >= 15 is 0 Å². The first-order valence-corrected chi connectivity index (χ1v) is 6.19. The lowest BCUT2D eigenvalue weighted by atomic mass is 9.96. The molecule has 0 aliphatic carbocycles. The van der Waals surface area contributed by atoms with Crippen molar-refractivity contribution in [2.75, 3.05) is 0 Å². The van der Waals surface area contributed by atoms with Crippen LogP contribution in [0.3, 0.4) is 0 Å². The van der Waals surface area contributed by atoms with Gasteiger partial charge in [0.25, 0.3) is 0 Å². The predicted octanol–water partition coefficient (Wildman–Crippen LogP) is 4.40. The zero-order valence-electron chi connectivity index (χ0n) is 10.4. The van der Waals surface area contributed by atoms with Crippen LogP contribution in [0, 0.1) is 0 Å². The number of aliphatic imine (C=N–C) groups is 1. The Hall–Kier alpha value is -2.15. The van der Waals surface area contributed by atoms with Gasteiger partial charge in [-0.1, -0.05) is 49.0 Å². The highest BCUT2D eigenvalue weighted by Crippen LogP contribution is 2.32. The predicted molar refractivity (Wildman–Crippen MR) is 77.0 cm³/mol. The average molecular weight is 233 g/mol. The van der Waals surface area contributed by atoms with Crippen LogP contribution in [0.2, 0.25) is 0 Å². The minimum Gasteiger partial charge on any atom is -0.277 e. The maximum absolute atomic E-state index is 4.61. The normalized spacial score (nSPS) is 17.2. The van der Waals surface area contributed by atoms with Crippen LogP contribution in [0.1, 0.15) is 24.1 Å². The van der Waals surface area contributed by atoms with E-state index in [-0.39, 0.29) is 6.04 Å². The molecule has 1 heterocycles. The maximum Gasteiger partial charge on any atom is 0.0734 e. The molecule has 0 N–H and O–H groups in total. The van der Waals surface area contributed by atoms with Gasteiger partial charge in [-0.15, -0.1) is 0 Å². The van der Waals surface area contributed by atoms with Crippen LogP contribution >= 0.6 is 0 Å². The molecule has 0 amide bonds. The fourth-order valence-electron chi connectivity index (χ4n) is 2.46. The van der Waals surface area contributed by atoms with Gasteiger partial charge in [-0.25, -0.2) is 0 Å². The smallest absolute Gasteiger partial charge is 0.0734 e.